The number of hydrogen-bond donors (Lipinski definition) is 0. The number of halogens is 1. The van der Waals surface area contributed by atoms with Gasteiger partial charge in [0.2, 0.25) is 0 Å². The summed E-state index contributed by atoms with van der Waals surface area (Å²) in [5.41, 5.74) is 4.49. The summed E-state index contributed by atoms with van der Waals surface area (Å²) in [4.78, 5) is 15.0. The molecule has 134 valence electrons. The normalized spacial score (nSPS) is 10.0. The Morgan fingerprint density at radius 1 is 0.963 bits per heavy atom. The first-order valence-electron chi connectivity index (χ1n) is 8.84. The number of benzene rings is 3. The lowest BCUT2D eigenvalue weighted by atomic mass is 10.1. The predicted octanol–water partition coefficient (Wildman–Crippen LogP) is 5.67. The van der Waals surface area contributed by atoms with Crippen LogP contribution in [-0.4, -0.2) is 12.5 Å². The second-order valence-corrected chi connectivity index (χ2v) is 7.33. The van der Waals surface area contributed by atoms with Crippen molar-refractivity contribution in [2.75, 3.05) is 11.4 Å². The molecule has 2 nitrogen and oxygen atoms in total. The number of rotatable bonds is 3. The number of hydrogen-bond acceptors (Lipinski definition) is 1. The van der Waals surface area contributed by atoms with Crippen LogP contribution in [0.5, 0.6) is 0 Å². The standard InChI is InChI=1S/C24H20INO/c1-3-26(24(27)21-11-7-8-12-22(21)25)23-16-13-18(2)17-20(23)15-14-19-9-5-4-6-10-19/h4-13,16-17H,3H2,1-2H3. The molecule has 0 aliphatic rings. The van der Waals surface area contributed by atoms with Crippen LogP contribution >= 0.6 is 22.6 Å². The van der Waals surface area contributed by atoms with Gasteiger partial charge in [-0.2, -0.15) is 0 Å². The molecule has 0 unspecified atom stereocenters. The molecular formula is C24H20INO. The maximum atomic E-state index is 13.2. The third kappa shape index (κ3) is 4.58. The van der Waals surface area contributed by atoms with Gasteiger partial charge >= 0.3 is 0 Å². The van der Waals surface area contributed by atoms with Gasteiger partial charge in [-0.05, 0) is 78.4 Å². The summed E-state index contributed by atoms with van der Waals surface area (Å²) < 4.78 is 0.947. The summed E-state index contributed by atoms with van der Waals surface area (Å²) in [7, 11) is 0. The predicted molar refractivity (Wildman–Crippen MR) is 120 cm³/mol. The summed E-state index contributed by atoms with van der Waals surface area (Å²) in [6.07, 6.45) is 0. The number of anilines is 1. The van der Waals surface area contributed by atoms with Crippen LogP contribution in [0.25, 0.3) is 0 Å². The van der Waals surface area contributed by atoms with E-state index in [2.05, 4.69) is 34.4 Å². The molecule has 1 amide bonds. The minimum Gasteiger partial charge on any atom is -0.307 e. The van der Waals surface area contributed by atoms with Crippen LogP contribution in [0, 0.1) is 22.3 Å². The van der Waals surface area contributed by atoms with Crippen LogP contribution in [0.1, 0.15) is 34.0 Å². The van der Waals surface area contributed by atoms with Gasteiger partial charge in [-0.3, -0.25) is 4.79 Å². The van der Waals surface area contributed by atoms with Crippen molar-refractivity contribution >= 4 is 34.2 Å². The summed E-state index contributed by atoms with van der Waals surface area (Å²) in [6.45, 7) is 4.60. The van der Waals surface area contributed by atoms with Gasteiger partial charge in [0.15, 0.2) is 0 Å². The molecule has 0 bridgehead atoms. The molecule has 0 atom stereocenters. The Balaban J connectivity index is 2.03. The quantitative estimate of drug-likeness (QED) is 0.361. The number of carbonyl (C=O) groups is 1. The van der Waals surface area contributed by atoms with Crippen molar-refractivity contribution in [2.45, 2.75) is 13.8 Å². The third-order valence-electron chi connectivity index (χ3n) is 4.22. The Morgan fingerprint density at radius 3 is 2.37 bits per heavy atom. The van der Waals surface area contributed by atoms with Gasteiger partial charge in [-0.15, -0.1) is 0 Å². The number of amides is 1. The summed E-state index contributed by atoms with van der Waals surface area (Å²) >= 11 is 2.21. The third-order valence-corrected chi connectivity index (χ3v) is 5.16. The van der Waals surface area contributed by atoms with E-state index in [0.29, 0.717) is 12.1 Å². The highest BCUT2D eigenvalue weighted by Gasteiger charge is 2.20. The summed E-state index contributed by atoms with van der Waals surface area (Å²) in [6, 6.07) is 23.6. The fourth-order valence-corrected chi connectivity index (χ4v) is 3.47. The Labute approximate surface area is 174 Å². The number of carbonyl (C=O) groups excluding carboxylic acids is 1. The van der Waals surface area contributed by atoms with Crippen LogP contribution in [0.3, 0.4) is 0 Å². The summed E-state index contributed by atoms with van der Waals surface area (Å²) in [5.74, 6) is 6.46. The topological polar surface area (TPSA) is 20.3 Å². The van der Waals surface area contributed by atoms with E-state index >= 15 is 0 Å². The van der Waals surface area contributed by atoms with Crippen molar-refractivity contribution in [1.82, 2.24) is 0 Å². The lowest BCUT2D eigenvalue weighted by Gasteiger charge is -2.23. The molecule has 0 aliphatic carbocycles. The van der Waals surface area contributed by atoms with E-state index in [4.69, 9.17) is 0 Å². The first-order chi connectivity index (χ1) is 13.1. The van der Waals surface area contributed by atoms with Gasteiger partial charge in [0.25, 0.3) is 5.91 Å². The number of aryl methyl sites for hydroxylation is 1. The van der Waals surface area contributed by atoms with Crippen molar-refractivity contribution in [1.29, 1.82) is 0 Å². The zero-order valence-corrected chi connectivity index (χ0v) is 17.5. The molecule has 3 heteroatoms. The molecule has 0 spiro atoms. The van der Waals surface area contributed by atoms with Crippen molar-refractivity contribution in [3.05, 3.63) is 98.6 Å². The highest BCUT2D eigenvalue weighted by atomic mass is 127. The van der Waals surface area contributed by atoms with E-state index in [-0.39, 0.29) is 5.91 Å². The fraction of sp³-hybridized carbons (Fsp3) is 0.125. The lowest BCUT2D eigenvalue weighted by Crippen LogP contribution is -2.31. The fourth-order valence-electron chi connectivity index (χ4n) is 2.85. The van der Waals surface area contributed by atoms with Crippen LogP contribution in [0.4, 0.5) is 5.69 Å². The first kappa shape index (κ1) is 19.2. The van der Waals surface area contributed by atoms with Gasteiger partial charge < -0.3 is 4.90 Å². The smallest absolute Gasteiger partial charge is 0.259 e. The Hall–Kier alpha value is -2.58. The monoisotopic (exact) mass is 465 g/mol. The van der Waals surface area contributed by atoms with E-state index in [1.165, 1.54) is 0 Å². The number of nitrogens with zero attached hydrogens (tertiary/aromatic N) is 1. The Kier molecular flexibility index (Phi) is 6.31. The van der Waals surface area contributed by atoms with Crippen LogP contribution in [0.15, 0.2) is 72.8 Å². The van der Waals surface area contributed by atoms with E-state index in [0.717, 1.165) is 25.9 Å². The van der Waals surface area contributed by atoms with Gasteiger partial charge in [-0.25, -0.2) is 0 Å². The molecule has 0 saturated carbocycles. The molecule has 3 rings (SSSR count). The Morgan fingerprint density at radius 2 is 1.67 bits per heavy atom. The van der Waals surface area contributed by atoms with Crippen LogP contribution in [0.2, 0.25) is 0 Å². The van der Waals surface area contributed by atoms with Gasteiger partial charge in [-0.1, -0.05) is 48.2 Å². The maximum absolute atomic E-state index is 13.2. The molecule has 0 heterocycles. The second-order valence-electron chi connectivity index (χ2n) is 6.17. The van der Waals surface area contributed by atoms with E-state index in [1.807, 2.05) is 86.6 Å². The van der Waals surface area contributed by atoms with E-state index in [9.17, 15) is 4.79 Å². The molecule has 0 aromatic heterocycles. The molecule has 3 aromatic carbocycles. The molecule has 0 aliphatic heterocycles. The van der Waals surface area contributed by atoms with Crippen molar-refractivity contribution in [3.63, 3.8) is 0 Å². The SMILES string of the molecule is CCN(C(=O)c1ccccc1I)c1ccc(C)cc1C#Cc1ccccc1. The summed E-state index contributed by atoms with van der Waals surface area (Å²) in [5, 5.41) is 0. The largest absolute Gasteiger partial charge is 0.307 e. The molecular weight excluding hydrogens is 445 g/mol. The molecule has 0 fully saturated rings. The molecule has 0 saturated heterocycles. The van der Waals surface area contributed by atoms with Gasteiger partial charge in [0.1, 0.15) is 0 Å². The van der Waals surface area contributed by atoms with Gasteiger partial charge in [0.05, 0.1) is 11.3 Å². The lowest BCUT2D eigenvalue weighted by molar-refractivity contribution is 0.0987. The molecule has 3 aromatic rings. The average Bonchev–Trinajstić information content (AvgIpc) is 2.69. The first-order valence-corrected chi connectivity index (χ1v) is 9.92. The van der Waals surface area contributed by atoms with E-state index < -0.39 is 0 Å². The molecule has 0 N–H and O–H groups in total. The highest BCUT2D eigenvalue weighted by molar-refractivity contribution is 14.1. The highest BCUT2D eigenvalue weighted by Crippen LogP contribution is 2.25. The average molecular weight is 465 g/mol. The van der Waals surface area contributed by atoms with Crippen LogP contribution < -0.4 is 4.90 Å². The van der Waals surface area contributed by atoms with Crippen molar-refractivity contribution < 1.29 is 4.79 Å². The second kappa shape index (κ2) is 8.88. The minimum absolute atomic E-state index is 0.00545. The maximum Gasteiger partial charge on any atom is 0.259 e. The van der Waals surface area contributed by atoms with Gasteiger partial charge in [0, 0.05) is 21.2 Å². The zero-order valence-electron chi connectivity index (χ0n) is 15.4. The molecule has 0 radical (unpaired) electrons. The zero-order chi connectivity index (χ0) is 19.2. The van der Waals surface area contributed by atoms with Crippen LogP contribution in [-0.2, 0) is 0 Å². The van der Waals surface area contributed by atoms with Crippen molar-refractivity contribution in [2.24, 2.45) is 0 Å². The van der Waals surface area contributed by atoms with E-state index in [1.54, 1.807) is 4.90 Å². The Bertz CT molecular complexity index is 1020. The minimum atomic E-state index is -0.00545. The van der Waals surface area contributed by atoms with Crippen molar-refractivity contribution in [3.8, 4) is 11.8 Å². The molecule has 27 heavy (non-hydrogen) atoms.